The Balaban J connectivity index is 1.87. The third-order valence-corrected chi connectivity index (χ3v) is 5.61. The number of nitrogens with zero attached hydrogens (tertiary/aromatic N) is 2. The van der Waals surface area contributed by atoms with Gasteiger partial charge in [0.1, 0.15) is 5.02 Å². The second kappa shape index (κ2) is 7.44. The van der Waals surface area contributed by atoms with E-state index in [1.165, 1.54) is 22.9 Å². The van der Waals surface area contributed by atoms with Gasteiger partial charge in [0, 0.05) is 10.6 Å². The molecule has 0 radical (unpaired) electrons. The lowest BCUT2D eigenvalue weighted by atomic mass is 9.76. The Hall–Kier alpha value is -1.07. The molecular formula is C17H18Cl3N3O. The summed E-state index contributed by atoms with van der Waals surface area (Å²) in [5.74, 6) is 0. The second-order valence-electron chi connectivity index (χ2n) is 6.10. The summed E-state index contributed by atoms with van der Waals surface area (Å²) in [7, 11) is 0. The number of benzene rings is 1. The second-order valence-corrected chi connectivity index (χ2v) is 7.32. The van der Waals surface area contributed by atoms with Crippen molar-refractivity contribution in [2.75, 3.05) is 0 Å². The first kappa shape index (κ1) is 17.7. The summed E-state index contributed by atoms with van der Waals surface area (Å²) in [6.07, 6.45) is 6.90. The standard InChI is InChI=1S/C17H18Cl3N3O/c18-13-6-4-12(5-7-13)17(8-2-1-3-9-17)21-11-23-16(24)15(20)14(19)10-22-23/h4-7,10,21H,1-3,8-9,11H2. The smallest absolute Gasteiger partial charge is 0.288 e. The summed E-state index contributed by atoms with van der Waals surface area (Å²) >= 11 is 17.8. The van der Waals surface area contributed by atoms with E-state index in [0.29, 0.717) is 5.02 Å². The first-order chi connectivity index (χ1) is 11.5. The molecule has 0 unspecified atom stereocenters. The molecule has 0 aliphatic heterocycles. The van der Waals surface area contributed by atoms with Crippen LogP contribution in [0.25, 0.3) is 0 Å². The zero-order chi connectivity index (χ0) is 17.2. The van der Waals surface area contributed by atoms with E-state index in [-0.39, 0.29) is 22.3 Å². The van der Waals surface area contributed by atoms with E-state index >= 15 is 0 Å². The highest BCUT2D eigenvalue weighted by Gasteiger charge is 2.33. The molecule has 0 bridgehead atoms. The van der Waals surface area contributed by atoms with Crippen LogP contribution in [-0.4, -0.2) is 9.78 Å². The normalized spacial score (nSPS) is 17.0. The topological polar surface area (TPSA) is 46.9 Å². The quantitative estimate of drug-likeness (QED) is 0.834. The summed E-state index contributed by atoms with van der Waals surface area (Å²) in [4.78, 5) is 12.2. The molecule has 24 heavy (non-hydrogen) atoms. The first-order valence-electron chi connectivity index (χ1n) is 7.94. The average Bonchev–Trinajstić information content (AvgIpc) is 2.60. The average molecular weight is 387 g/mol. The molecule has 0 saturated heterocycles. The van der Waals surface area contributed by atoms with Crippen LogP contribution in [0.15, 0.2) is 35.3 Å². The maximum Gasteiger partial charge on any atom is 0.288 e. The van der Waals surface area contributed by atoms with Crippen molar-refractivity contribution >= 4 is 34.8 Å². The van der Waals surface area contributed by atoms with Crippen molar-refractivity contribution in [1.82, 2.24) is 15.1 Å². The van der Waals surface area contributed by atoms with Gasteiger partial charge in [0.15, 0.2) is 0 Å². The van der Waals surface area contributed by atoms with Crippen LogP contribution in [0.5, 0.6) is 0 Å². The van der Waals surface area contributed by atoms with Gasteiger partial charge in [-0.3, -0.25) is 10.1 Å². The molecule has 1 fully saturated rings. The number of rotatable bonds is 4. The molecule has 1 aromatic carbocycles. The molecule has 1 N–H and O–H groups in total. The SMILES string of the molecule is O=c1c(Cl)c(Cl)cnn1CNC1(c2ccc(Cl)cc2)CCCCC1. The van der Waals surface area contributed by atoms with E-state index in [1.54, 1.807) is 0 Å². The summed E-state index contributed by atoms with van der Waals surface area (Å²) < 4.78 is 1.31. The highest BCUT2D eigenvalue weighted by molar-refractivity contribution is 6.41. The molecule has 1 aliphatic carbocycles. The summed E-state index contributed by atoms with van der Waals surface area (Å²) in [6, 6.07) is 7.90. The van der Waals surface area contributed by atoms with Crippen molar-refractivity contribution in [2.24, 2.45) is 0 Å². The third kappa shape index (κ3) is 3.62. The Morgan fingerprint density at radius 1 is 1.08 bits per heavy atom. The summed E-state index contributed by atoms with van der Waals surface area (Å²) in [5, 5.41) is 8.48. The van der Waals surface area contributed by atoms with Gasteiger partial charge in [-0.2, -0.15) is 5.10 Å². The van der Waals surface area contributed by atoms with E-state index < -0.39 is 5.56 Å². The molecule has 1 aromatic heterocycles. The largest absolute Gasteiger partial charge is 0.288 e. The lowest BCUT2D eigenvalue weighted by Crippen LogP contribution is -2.46. The van der Waals surface area contributed by atoms with E-state index in [0.717, 1.165) is 25.7 Å². The van der Waals surface area contributed by atoms with Crippen molar-refractivity contribution < 1.29 is 0 Å². The Morgan fingerprint density at radius 2 is 1.75 bits per heavy atom. The van der Waals surface area contributed by atoms with E-state index in [4.69, 9.17) is 34.8 Å². The maximum absolute atomic E-state index is 12.2. The maximum atomic E-state index is 12.2. The number of nitrogens with one attached hydrogen (secondary N) is 1. The van der Waals surface area contributed by atoms with Gasteiger partial charge in [0.25, 0.3) is 5.56 Å². The summed E-state index contributed by atoms with van der Waals surface area (Å²) in [6.45, 7) is 0.276. The fourth-order valence-corrected chi connectivity index (χ4v) is 3.67. The van der Waals surface area contributed by atoms with Crippen LogP contribution in [0, 0.1) is 0 Å². The zero-order valence-electron chi connectivity index (χ0n) is 13.1. The van der Waals surface area contributed by atoms with Crippen LogP contribution in [-0.2, 0) is 12.2 Å². The van der Waals surface area contributed by atoms with Crippen molar-refractivity contribution in [2.45, 2.75) is 44.3 Å². The predicted octanol–water partition coefficient (Wildman–Crippen LogP) is 4.61. The van der Waals surface area contributed by atoms with Crippen LogP contribution >= 0.6 is 34.8 Å². The molecule has 4 nitrogen and oxygen atoms in total. The highest BCUT2D eigenvalue weighted by atomic mass is 35.5. The molecule has 0 spiro atoms. The molecule has 0 atom stereocenters. The van der Waals surface area contributed by atoms with Crippen molar-refractivity contribution in [1.29, 1.82) is 0 Å². The van der Waals surface area contributed by atoms with Crippen LogP contribution < -0.4 is 10.9 Å². The van der Waals surface area contributed by atoms with Crippen LogP contribution in [0.4, 0.5) is 0 Å². The lowest BCUT2D eigenvalue weighted by molar-refractivity contribution is 0.209. The van der Waals surface area contributed by atoms with Crippen molar-refractivity contribution in [3.8, 4) is 0 Å². The Labute approximate surface area is 155 Å². The fourth-order valence-electron chi connectivity index (χ4n) is 3.28. The predicted molar refractivity (Wildman–Crippen MR) is 97.9 cm³/mol. The minimum atomic E-state index is -0.390. The number of hydrogen-bond donors (Lipinski definition) is 1. The number of aromatic nitrogens is 2. The van der Waals surface area contributed by atoms with Gasteiger partial charge >= 0.3 is 0 Å². The number of hydrogen-bond acceptors (Lipinski definition) is 3. The van der Waals surface area contributed by atoms with Gasteiger partial charge in [-0.05, 0) is 30.5 Å². The van der Waals surface area contributed by atoms with Gasteiger partial charge in [-0.25, -0.2) is 4.68 Å². The van der Waals surface area contributed by atoms with Crippen molar-refractivity contribution in [3.05, 3.63) is 61.4 Å². The van der Waals surface area contributed by atoms with E-state index in [2.05, 4.69) is 10.4 Å². The minimum Gasteiger partial charge on any atom is -0.288 e. The Kier molecular flexibility index (Phi) is 5.50. The molecule has 1 saturated carbocycles. The summed E-state index contributed by atoms with van der Waals surface area (Å²) in [5.41, 5.74) is 0.606. The van der Waals surface area contributed by atoms with Gasteiger partial charge < -0.3 is 0 Å². The molecule has 0 amide bonds. The first-order valence-corrected chi connectivity index (χ1v) is 9.07. The van der Waals surface area contributed by atoms with Gasteiger partial charge in [0.05, 0.1) is 17.9 Å². The lowest BCUT2D eigenvalue weighted by Gasteiger charge is -2.39. The Bertz CT molecular complexity index is 768. The zero-order valence-corrected chi connectivity index (χ0v) is 15.3. The van der Waals surface area contributed by atoms with E-state index in [9.17, 15) is 4.79 Å². The third-order valence-electron chi connectivity index (χ3n) is 4.61. The monoisotopic (exact) mass is 385 g/mol. The fraction of sp³-hybridized carbons (Fsp3) is 0.412. The van der Waals surface area contributed by atoms with E-state index in [1.807, 2.05) is 24.3 Å². The molecule has 1 heterocycles. The molecule has 2 aromatic rings. The molecule has 7 heteroatoms. The Morgan fingerprint density at radius 3 is 2.42 bits per heavy atom. The van der Waals surface area contributed by atoms with Gasteiger partial charge in [-0.15, -0.1) is 0 Å². The van der Waals surface area contributed by atoms with Crippen LogP contribution in [0.1, 0.15) is 37.7 Å². The minimum absolute atomic E-state index is 0.00217. The van der Waals surface area contributed by atoms with Gasteiger partial charge in [0.2, 0.25) is 0 Å². The van der Waals surface area contributed by atoms with Crippen molar-refractivity contribution in [3.63, 3.8) is 0 Å². The number of halogens is 3. The highest BCUT2D eigenvalue weighted by Crippen LogP contribution is 2.37. The molecule has 3 rings (SSSR count). The molecular weight excluding hydrogens is 369 g/mol. The van der Waals surface area contributed by atoms with Crippen LogP contribution in [0.2, 0.25) is 15.1 Å². The molecule has 1 aliphatic rings. The van der Waals surface area contributed by atoms with Crippen LogP contribution in [0.3, 0.4) is 0 Å². The van der Waals surface area contributed by atoms with Gasteiger partial charge in [-0.1, -0.05) is 66.2 Å². The molecule has 128 valence electrons.